The molecule has 2 rings (SSSR count). The molecule has 3 unspecified atom stereocenters. The average molecular weight is 182 g/mol. The second kappa shape index (κ2) is 3.97. The van der Waals surface area contributed by atoms with Gasteiger partial charge in [-0.2, -0.15) is 0 Å². The molecule has 2 saturated heterocycles. The van der Waals surface area contributed by atoms with Gasteiger partial charge in [-0.15, -0.1) is 0 Å². The van der Waals surface area contributed by atoms with Gasteiger partial charge in [-0.3, -0.25) is 4.90 Å². The summed E-state index contributed by atoms with van der Waals surface area (Å²) in [6.45, 7) is 9.90. The number of nitrogens with zero attached hydrogens (tertiary/aromatic N) is 1. The first kappa shape index (κ1) is 9.47. The molecule has 0 aromatic carbocycles. The number of hydrogen-bond donors (Lipinski definition) is 1. The molecule has 2 fully saturated rings. The molecule has 2 heterocycles. The first-order valence-electron chi connectivity index (χ1n) is 5.70. The monoisotopic (exact) mass is 182 g/mol. The number of piperidine rings is 1. The molecule has 3 atom stereocenters. The summed E-state index contributed by atoms with van der Waals surface area (Å²) in [5, 5.41) is 3.46. The topological polar surface area (TPSA) is 15.3 Å². The summed E-state index contributed by atoms with van der Waals surface area (Å²) in [6, 6.07) is 0.838. The highest BCUT2D eigenvalue weighted by molar-refractivity contribution is 4.85. The van der Waals surface area contributed by atoms with Gasteiger partial charge < -0.3 is 5.32 Å². The van der Waals surface area contributed by atoms with Gasteiger partial charge in [0, 0.05) is 25.7 Å². The van der Waals surface area contributed by atoms with Gasteiger partial charge in [0.2, 0.25) is 0 Å². The predicted octanol–water partition coefficient (Wildman–Crippen LogP) is 1.33. The highest BCUT2D eigenvalue weighted by Gasteiger charge is 2.28. The van der Waals surface area contributed by atoms with Crippen molar-refractivity contribution in [3.8, 4) is 0 Å². The van der Waals surface area contributed by atoms with E-state index in [2.05, 4.69) is 24.1 Å². The lowest BCUT2D eigenvalue weighted by atomic mass is 9.91. The molecule has 0 aliphatic carbocycles. The van der Waals surface area contributed by atoms with E-state index in [0.29, 0.717) is 0 Å². The van der Waals surface area contributed by atoms with Crippen molar-refractivity contribution in [2.24, 2.45) is 11.8 Å². The Morgan fingerprint density at radius 2 is 1.85 bits per heavy atom. The molecule has 0 aromatic heterocycles. The van der Waals surface area contributed by atoms with Crippen LogP contribution in [0.25, 0.3) is 0 Å². The average Bonchev–Trinajstić information content (AvgIpc) is 2.53. The first-order chi connectivity index (χ1) is 6.25. The zero-order valence-corrected chi connectivity index (χ0v) is 8.92. The predicted molar refractivity (Wildman–Crippen MR) is 55.8 cm³/mol. The van der Waals surface area contributed by atoms with Crippen LogP contribution in [-0.4, -0.2) is 37.1 Å². The number of rotatable bonds is 1. The second-order valence-corrected chi connectivity index (χ2v) is 5.05. The highest BCUT2D eigenvalue weighted by Crippen LogP contribution is 2.24. The molecular weight excluding hydrogens is 160 g/mol. The molecule has 2 nitrogen and oxygen atoms in total. The largest absolute Gasteiger partial charge is 0.315 e. The van der Waals surface area contributed by atoms with Crippen LogP contribution >= 0.6 is 0 Å². The van der Waals surface area contributed by atoms with Gasteiger partial charge in [0.25, 0.3) is 0 Å². The van der Waals surface area contributed by atoms with Gasteiger partial charge in [0.15, 0.2) is 0 Å². The van der Waals surface area contributed by atoms with Crippen LogP contribution in [0.5, 0.6) is 0 Å². The summed E-state index contributed by atoms with van der Waals surface area (Å²) >= 11 is 0. The Morgan fingerprint density at radius 1 is 1.15 bits per heavy atom. The minimum Gasteiger partial charge on any atom is -0.315 e. The first-order valence-corrected chi connectivity index (χ1v) is 5.70. The molecule has 0 saturated carbocycles. The Bertz CT molecular complexity index is 153. The van der Waals surface area contributed by atoms with Crippen molar-refractivity contribution >= 4 is 0 Å². The van der Waals surface area contributed by atoms with Crippen molar-refractivity contribution in [1.82, 2.24) is 10.2 Å². The van der Waals surface area contributed by atoms with E-state index < -0.39 is 0 Å². The Balaban J connectivity index is 1.90. The minimum absolute atomic E-state index is 0.838. The van der Waals surface area contributed by atoms with Gasteiger partial charge in [-0.05, 0) is 31.2 Å². The number of hydrogen-bond acceptors (Lipinski definition) is 2. The molecular formula is C11H22N2. The van der Waals surface area contributed by atoms with E-state index in [0.717, 1.165) is 17.9 Å². The maximum atomic E-state index is 3.46. The van der Waals surface area contributed by atoms with Crippen LogP contribution in [0.4, 0.5) is 0 Å². The molecule has 76 valence electrons. The molecule has 0 amide bonds. The van der Waals surface area contributed by atoms with Crippen LogP contribution in [0.3, 0.4) is 0 Å². The Labute approximate surface area is 81.7 Å². The van der Waals surface area contributed by atoms with E-state index in [1.807, 2.05) is 0 Å². The lowest BCUT2D eigenvalue weighted by Crippen LogP contribution is -2.45. The summed E-state index contributed by atoms with van der Waals surface area (Å²) in [5.41, 5.74) is 0. The molecule has 0 bridgehead atoms. The fourth-order valence-electron chi connectivity index (χ4n) is 2.96. The van der Waals surface area contributed by atoms with Gasteiger partial charge in [0.05, 0.1) is 0 Å². The highest BCUT2D eigenvalue weighted by atomic mass is 15.2. The maximum Gasteiger partial charge on any atom is 0.0232 e. The van der Waals surface area contributed by atoms with Crippen LogP contribution in [0.2, 0.25) is 0 Å². The fourth-order valence-corrected chi connectivity index (χ4v) is 2.96. The maximum absolute atomic E-state index is 3.46. The van der Waals surface area contributed by atoms with Crippen molar-refractivity contribution < 1.29 is 0 Å². The Morgan fingerprint density at radius 3 is 2.38 bits per heavy atom. The van der Waals surface area contributed by atoms with Crippen molar-refractivity contribution in [3.63, 3.8) is 0 Å². The van der Waals surface area contributed by atoms with E-state index >= 15 is 0 Å². The molecule has 0 aromatic rings. The summed E-state index contributed by atoms with van der Waals surface area (Å²) < 4.78 is 0. The summed E-state index contributed by atoms with van der Waals surface area (Å²) in [7, 11) is 0. The normalized spacial score (nSPS) is 42.5. The smallest absolute Gasteiger partial charge is 0.0232 e. The lowest BCUT2D eigenvalue weighted by molar-refractivity contribution is 0.103. The third-order valence-corrected chi connectivity index (χ3v) is 3.45. The molecule has 1 N–H and O–H groups in total. The minimum atomic E-state index is 0.838. The zero-order chi connectivity index (χ0) is 9.26. The molecule has 2 aliphatic heterocycles. The zero-order valence-electron chi connectivity index (χ0n) is 8.92. The molecule has 13 heavy (non-hydrogen) atoms. The summed E-state index contributed by atoms with van der Waals surface area (Å²) in [5.74, 6) is 1.81. The second-order valence-electron chi connectivity index (χ2n) is 5.05. The van der Waals surface area contributed by atoms with Crippen LogP contribution in [-0.2, 0) is 0 Å². The van der Waals surface area contributed by atoms with Crippen molar-refractivity contribution in [2.45, 2.75) is 32.7 Å². The van der Waals surface area contributed by atoms with Gasteiger partial charge in [-0.25, -0.2) is 0 Å². The van der Waals surface area contributed by atoms with E-state index in [-0.39, 0.29) is 0 Å². The van der Waals surface area contributed by atoms with E-state index in [1.165, 1.54) is 39.0 Å². The number of nitrogens with one attached hydrogen (secondary N) is 1. The van der Waals surface area contributed by atoms with E-state index in [9.17, 15) is 0 Å². The lowest BCUT2D eigenvalue weighted by Gasteiger charge is -2.38. The molecule has 0 spiro atoms. The molecule has 2 aliphatic rings. The van der Waals surface area contributed by atoms with Gasteiger partial charge in [-0.1, -0.05) is 13.8 Å². The SMILES string of the molecule is CC1CC(C)CN(C2CCNC2)C1. The molecule has 2 heteroatoms. The fraction of sp³-hybridized carbons (Fsp3) is 1.00. The van der Waals surface area contributed by atoms with Crippen LogP contribution in [0, 0.1) is 11.8 Å². The summed E-state index contributed by atoms with van der Waals surface area (Å²) in [4.78, 5) is 2.71. The Hall–Kier alpha value is -0.0800. The van der Waals surface area contributed by atoms with Crippen LogP contribution in [0.1, 0.15) is 26.7 Å². The Kier molecular flexibility index (Phi) is 2.89. The van der Waals surface area contributed by atoms with Gasteiger partial charge in [0.1, 0.15) is 0 Å². The molecule has 0 radical (unpaired) electrons. The quantitative estimate of drug-likeness (QED) is 0.658. The third-order valence-electron chi connectivity index (χ3n) is 3.45. The van der Waals surface area contributed by atoms with Crippen molar-refractivity contribution in [1.29, 1.82) is 0 Å². The van der Waals surface area contributed by atoms with E-state index in [1.54, 1.807) is 0 Å². The van der Waals surface area contributed by atoms with Crippen molar-refractivity contribution in [3.05, 3.63) is 0 Å². The van der Waals surface area contributed by atoms with Gasteiger partial charge >= 0.3 is 0 Å². The third kappa shape index (κ3) is 2.23. The van der Waals surface area contributed by atoms with Crippen LogP contribution < -0.4 is 5.32 Å². The van der Waals surface area contributed by atoms with Crippen LogP contribution in [0.15, 0.2) is 0 Å². The van der Waals surface area contributed by atoms with E-state index in [4.69, 9.17) is 0 Å². The summed E-state index contributed by atoms with van der Waals surface area (Å²) in [6.07, 6.45) is 2.79. The number of likely N-dealkylation sites (tertiary alicyclic amines) is 1. The van der Waals surface area contributed by atoms with Crippen molar-refractivity contribution in [2.75, 3.05) is 26.2 Å². The standard InChI is InChI=1S/C11H22N2/c1-9-5-10(2)8-13(7-9)11-3-4-12-6-11/h9-12H,3-8H2,1-2H3.